The molecule has 0 bridgehead atoms. The second-order valence-corrected chi connectivity index (χ2v) is 6.14. The quantitative estimate of drug-likeness (QED) is 0.700. The van der Waals surface area contributed by atoms with Crippen molar-refractivity contribution >= 4 is 11.9 Å². The summed E-state index contributed by atoms with van der Waals surface area (Å²) in [7, 11) is 0. The van der Waals surface area contributed by atoms with E-state index in [2.05, 4.69) is 5.32 Å². The number of aryl methyl sites for hydroxylation is 1. The Balaban J connectivity index is 1.77. The normalized spacial score (nSPS) is 11.7. The van der Waals surface area contributed by atoms with E-state index in [1.807, 2.05) is 6.92 Å². The van der Waals surface area contributed by atoms with Crippen LogP contribution in [0.1, 0.15) is 36.9 Å². The first-order chi connectivity index (χ1) is 12.8. The Hall–Kier alpha value is -2.96. The van der Waals surface area contributed by atoms with Crippen molar-refractivity contribution in [3.8, 4) is 5.75 Å². The molecule has 1 unspecified atom stereocenters. The SMILES string of the molecule is CC(NC(=O)CCCc1ccc(F)c(F)c1)c1ccc(OCC(=O)O)cc1. The number of aliphatic carboxylic acids is 1. The molecule has 2 aromatic rings. The van der Waals surface area contributed by atoms with Crippen molar-refractivity contribution in [2.75, 3.05) is 6.61 Å². The Morgan fingerprint density at radius 3 is 2.44 bits per heavy atom. The molecule has 27 heavy (non-hydrogen) atoms. The van der Waals surface area contributed by atoms with E-state index in [1.54, 1.807) is 24.3 Å². The molecule has 0 radical (unpaired) electrons. The summed E-state index contributed by atoms with van der Waals surface area (Å²) in [4.78, 5) is 22.5. The van der Waals surface area contributed by atoms with Crippen LogP contribution < -0.4 is 10.1 Å². The van der Waals surface area contributed by atoms with Gasteiger partial charge in [0.2, 0.25) is 5.91 Å². The van der Waals surface area contributed by atoms with Crippen LogP contribution >= 0.6 is 0 Å². The summed E-state index contributed by atoms with van der Waals surface area (Å²) in [5, 5.41) is 11.4. The van der Waals surface area contributed by atoms with E-state index in [0.29, 0.717) is 24.2 Å². The van der Waals surface area contributed by atoms with Gasteiger partial charge in [-0.05, 0) is 55.2 Å². The molecule has 0 aliphatic rings. The molecular formula is C20H21F2NO4. The lowest BCUT2D eigenvalue weighted by atomic mass is 10.1. The Morgan fingerprint density at radius 2 is 1.81 bits per heavy atom. The lowest BCUT2D eigenvalue weighted by molar-refractivity contribution is -0.139. The number of benzene rings is 2. The van der Waals surface area contributed by atoms with Crippen molar-refractivity contribution in [1.29, 1.82) is 0 Å². The van der Waals surface area contributed by atoms with Crippen LogP contribution in [0, 0.1) is 11.6 Å². The molecule has 5 nitrogen and oxygen atoms in total. The van der Waals surface area contributed by atoms with Gasteiger partial charge in [0.05, 0.1) is 6.04 Å². The van der Waals surface area contributed by atoms with Crippen LogP contribution in [0.3, 0.4) is 0 Å². The molecular weight excluding hydrogens is 356 g/mol. The summed E-state index contributed by atoms with van der Waals surface area (Å²) in [5.74, 6) is -2.53. The van der Waals surface area contributed by atoms with E-state index < -0.39 is 24.2 Å². The van der Waals surface area contributed by atoms with Crippen LogP contribution in [-0.4, -0.2) is 23.6 Å². The number of carboxylic acids is 1. The zero-order chi connectivity index (χ0) is 19.8. The Morgan fingerprint density at radius 1 is 1.11 bits per heavy atom. The molecule has 0 heterocycles. The number of halogens is 2. The first kappa shape index (κ1) is 20.4. The molecule has 1 amide bonds. The molecule has 1 atom stereocenters. The predicted molar refractivity (Wildman–Crippen MR) is 95.4 cm³/mol. The van der Waals surface area contributed by atoms with Gasteiger partial charge in [-0.2, -0.15) is 0 Å². The van der Waals surface area contributed by atoms with Gasteiger partial charge in [0.1, 0.15) is 5.75 Å². The van der Waals surface area contributed by atoms with Crippen LogP contribution in [0.4, 0.5) is 8.78 Å². The molecule has 0 saturated carbocycles. The largest absolute Gasteiger partial charge is 0.482 e. The monoisotopic (exact) mass is 377 g/mol. The number of hydrogen-bond donors (Lipinski definition) is 2. The molecule has 0 spiro atoms. The first-order valence-corrected chi connectivity index (χ1v) is 8.53. The number of ether oxygens (including phenoxy) is 1. The van der Waals surface area contributed by atoms with E-state index in [4.69, 9.17) is 9.84 Å². The molecule has 0 fully saturated rings. The number of carboxylic acid groups (broad SMARTS) is 1. The molecule has 0 aliphatic carbocycles. The highest BCUT2D eigenvalue weighted by Gasteiger charge is 2.10. The highest BCUT2D eigenvalue weighted by molar-refractivity contribution is 5.76. The summed E-state index contributed by atoms with van der Waals surface area (Å²) in [6.07, 6.45) is 1.27. The lowest BCUT2D eigenvalue weighted by Gasteiger charge is -2.15. The van der Waals surface area contributed by atoms with Crippen LogP contribution in [-0.2, 0) is 16.0 Å². The second-order valence-electron chi connectivity index (χ2n) is 6.14. The molecule has 2 N–H and O–H groups in total. The fraction of sp³-hybridized carbons (Fsp3) is 0.300. The van der Waals surface area contributed by atoms with Crippen LogP contribution in [0.5, 0.6) is 5.75 Å². The Bertz CT molecular complexity index is 793. The third-order valence-electron chi connectivity index (χ3n) is 3.97. The highest BCUT2D eigenvalue weighted by atomic mass is 19.2. The van der Waals surface area contributed by atoms with Crippen LogP contribution in [0.15, 0.2) is 42.5 Å². The van der Waals surface area contributed by atoms with E-state index in [9.17, 15) is 18.4 Å². The topological polar surface area (TPSA) is 75.6 Å². The molecule has 0 aliphatic heterocycles. The van der Waals surface area contributed by atoms with Crippen molar-refractivity contribution in [1.82, 2.24) is 5.32 Å². The lowest BCUT2D eigenvalue weighted by Crippen LogP contribution is -2.26. The maximum Gasteiger partial charge on any atom is 0.341 e. The van der Waals surface area contributed by atoms with E-state index in [0.717, 1.165) is 17.7 Å². The fourth-order valence-electron chi connectivity index (χ4n) is 2.54. The molecule has 2 rings (SSSR count). The van der Waals surface area contributed by atoms with Crippen molar-refractivity contribution in [3.63, 3.8) is 0 Å². The molecule has 144 valence electrons. The van der Waals surface area contributed by atoms with Gasteiger partial charge in [-0.25, -0.2) is 13.6 Å². The third kappa shape index (κ3) is 6.69. The zero-order valence-electron chi connectivity index (χ0n) is 14.9. The Kier molecular flexibility index (Phi) is 7.28. The van der Waals surface area contributed by atoms with Gasteiger partial charge in [-0.15, -0.1) is 0 Å². The summed E-state index contributed by atoms with van der Waals surface area (Å²) in [6, 6.07) is 10.3. The van der Waals surface area contributed by atoms with Crippen molar-refractivity contribution in [2.24, 2.45) is 0 Å². The zero-order valence-corrected chi connectivity index (χ0v) is 14.9. The van der Waals surface area contributed by atoms with Crippen molar-refractivity contribution in [3.05, 3.63) is 65.2 Å². The number of carbonyl (C=O) groups excluding carboxylic acids is 1. The van der Waals surface area contributed by atoms with E-state index >= 15 is 0 Å². The van der Waals surface area contributed by atoms with Gasteiger partial charge in [0.15, 0.2) is 18.2 Å². The number of nitrogens with one attached hydrogen (secondary N) is 1. The minimum atomic E-state index is -1.05. The fourth-order valence-corrected chi connectivity index (χ4v) is 2.54. The third-order valence-corrected chi connectivity index (χ3v) is 3.97. The predicted octanol–water partition coefficient (Wildman–Crippen LogP) is 3.63. The second kappa shape index (κ2) is 9.66. The number of amides is 1. The molecule has 7 heteroatoms. The van der Waals surface area contributed by atoms with Gasteiger partial charge in [-0.3, -0.25) is 4.79 Å². The van der Waals surface area contributed by atoms with Crippen molar-refractivity contribution < 1.29 is 28.2 Å². The molecule has 2 aromatic carbocycles. The van der Waals surface area contributed by atoms with Gasteiger partial charge in [0.25, 0.3) is 0 Å². The summed E-state index contributed by atoms with van der Waals surface area (Å²) in [6.45, 7) is 1.42. The van der Waals surface area contributed by atoms with Gasteiger partial charge >= 0.3 is 5.97 Å². The molecule has 0 saturated heterocycles. The number of carbonyl (C=O) groups is 2. The first-order valence-electron chi connectivity index (χ1n) is 8.53. The average Bonchev–Trinajstić information content (AvgIpc) is 2.63. The highest BCUT2D eigenvalue weighted by Crippen LogP contribution is 2.18. The minimum Gasteiger partial charge on any atom is -0.482 e. The minimum absolute atomic E-state index is 0.142. The van der Waals surface area contributed by atoms with Gasteiger partial charge in [-0.1, -0.05) is 18.2 Å². The number of rotatable bonds is 9. The van der Waals surface area contributed by atoms with Crippen LogP contribution in [0.25, 0.3) is 0 Å². The summed E-state index contributed by atoms with van der Waals surface area (Å²) >= 11 is 0. The summed E-state index contributed by atoms with van der Waals surface area (Å²) < 4.78 is 31.1. The average molecular weight is 377 g/mol. The van der Waals surface area contributed by atoms with E-state index in [-0.39, 0.29) is 18.4 Å². The van der Waals surface area contributed by atoms with Gasteiger partial charge in [0, 0.05) is 6.42 Å². The van der Waals surface area contributed by atoms with Crippen molar-refractivity contribution in [2.45, 2.75) is 32.2 Å². The standard InChI is InChI=1S/C20H21F2NO4/c1-13(15-6-8-16(9-7-15)27-12-20(25)26)23-19(24)4-2-3-14-5-10-17(21)18(22)11-14/h5-11,13H,2-4,12H2,1H3,(H,23,24)(H,25,26). The maximum atomic E-state index is 13.1. The summed E-state index contributed by atoms with van der Waals surface area (Å²) in [5.41, 5.74) is 1.50. The van der Waals surface area contributed by atoms with Gasteiger partial charge < -0.3 is 15.2 Å². The maximum absolute atomic E-state index is 13.1. The van der Waals surface area contributed by atoms with Crippen LogP contribution in [0.2, 0.25) is 0 Å². The van der Waals surface area contributed by atoms with E-state index in [1.165, 1.54) is 6.07 Å². The smallest absolute Gasteiger partial charge is 0.341 e. The Labute approximate surface area is 156 Å². The molecule has 0 aromatic heterocycles. The number of hydrogen-bond acceptors (Lipinski definition) is 3.